The molecule has 3 nitrogen and oxygen atoms in total. The third kappa shape index (κ3) is 2.61. The molecule has 0 spiro atoms. The van der Waals surface area contributed by atoms with Crippen LogP contribution in [-0.2, 0) is 0 Å². The number of nitrogens with zero attached hydrogens (tertiary/aromatic N) is 1. The van der Waals surface area contributed by atoms with Gasteiger partial charge < -0.3 is 10.0 Å². The van der Waals surface area contributed by atoms with Gasteiger partial charge in [-0.25, -0.2) is 8.78 Å². The second kappa shape index (κ2) is 5.25. The minimum absolute atomic E-state index is 0.0892. The highest BCUT2D eigenvalue weighted by Crippen LogP contribution is 2.22. The lowest BCUT2D eigenvalue weighted by molar-refractivity contribution is 0.0292. The van der Waals surface area contributed by atoms with Gasteiger partial charge in [-0.05, 0) is 30.9 Å². The largest absolute Gasteiger partial charge is 0.393 e. The number of piperidine rings is 1. The highest BCUT2D eigenvalue weighted by atomic mass is 19.1. The van der Waals surface area contributed by atoms with E-state index in [0.29, 0.717) is 19.5 Å². The van der Waals surface area contributed by atoms with Gasteiger partial charge in [0.25, 0.3) is 5.91 Å². The van der Waals surface area contributed by atoms with Gasteiger partial charge in [-0.15, -0.1) is 0 Å². The van der Waals surface area contributed by atoms with Crippen LogP contribution in [-0.4, -0.2) is 35.1 Å². The number of halogens is 2. The van der Waals surface area contributed by atoms with Gasteiger partial charge in [0.2, 0.25) is 0 Å². The van der Waals surface area contributed by atoms with Crippen molar-refractivity contribution in [2.75, 3.05) is 13.1 Å². The van der Waals surface area contributed by atoms with E-state index in [1.54, 1.807) is 0 Å². The number of carbonyl (C=O) groups excluding carboxylic acids is 1. The molecular formula is C14H17F2NO2. The van der Waals surface area contributed by atoms with Gasteiger partial charge in [-0.3, -0.25) is 4.79 Å². The van der Waals surface area contributed by atoms with Crippen LogP contribution in [0.2, 0.25) is 0 Å². The van der Waals surface area contributed by atoms with Crippen molar-refractivity contribution in [2.45, 2.75) is 26.4 Å². The molecule has 1 N–H and O–H groups in total. The first-order valence-electron chi connectivity index (χ1n) is 6.33. The SMILES string of the molecule is Cc1ccc(F)c(C(=O)N2CCC(O)C(C)C2)c1F. The molecule has 1 aromatic carbocycles. The third-order valence-corrected chi connectivity index (χ3v) is 3.65. The van der Waals surface area contributed by atoms with Crippen LogP contribution < -0.4 is 0 Å². The number of aliphatic hydroxyl groups is 1. The predicted molar refractivity (Wildman–Crippen MR) is 66.8 cm³/mol. The van der Waals surface area contributed by atoms with Crippen LogP contribution in [0.3, 0.4) is 0 Å². The topological polar surface area (TPSA) is 40.5 Å². The zero-order chi connectivity index (χ0) is 14.2. The fourth-order valence-electron chi connectivity index (χ4n) is 2.33. The Bertz CT molecular complexity index is 504. The molecule has 0 radical (unpaired) electrons. The number of likely N-dealkylation sites (tertiary alicyclic amines) is 1. The fraction of sp³-hybridized carbons (Fsp3) is 0.500. The Hall–Kier alpha value is -1.49. The second-order valence-corrected chi connectivity index (χ2v) is 5.14. The van der Waals surface area contributed by atoms with Gasteiger partial charge in [0.1, 0.15) is 17.2 Å². The maximum Gasteiger partial charge on any atom is 0.259 e. The Labute approximate surface area is 110 Å². The molecule has 1 amide bonds. The minimum atomic E-state index is -0.841. The average molecular weight is 269 g/mol. The van der Waals surface area contributed by atoms with E-state index in [4.69, 9.17) is 0 Å². The Morgan fingerprint density at radius 3 is 2.74 bits per heavy atom. The molecule has 1 aliphatic rings. The average Bonchev–Trinajstić information content (AvgIpc) is 2.37. The molecule has 2 rings (SSSR count). The van der Waals surface area contributed by atoms with Crippen molar-refractivity contribution >= 4 is 5.91 Å². The summed E-state index contributed by atoms with van der Waals surface area (Å²) in [5.41, 5.74) is -0.251. The van der Waals surface area contributed by atoms with Gasteiger partial charge in [-0.2, -0.15) is 0 Å². The fourth-order valence-corrected chi connectivity index (χ4v) is 2.33. The van der Waals surface area contributed by atoms with Crippen LogP contribution in [0, 0.1) is 24.5 Å². The van der Waals surface area contributed by atoms with Crippen molar-refractivity contribution < 1.29 is 18.7 Å². The molecule has 0 bridgehead atoms. The zero-order valence-corrected chi connectivity index (χ0v) is 11.0. The van der Waals surface area contributed by atoms with Crippen molar-refractivity contribution in [3.05, 3.63) is 34.9 Å². The predicted octanol–water partition coefficient (Wildman–Crippen LogP) is 2.12. The van der Waals surface area contributed by atoms with Crippen LogP contribution in [0.5, 0.6) is 0 Å². The summed E-state index contributed by atoms with van der Waals surface area (Å²) in [7, 11) is 0. The molecule has 104 valence electrons. The lowest BCUT2D eigenvalue weighted by atomic mass is 9.96. The number of hydrogen-bond acceptors (Lipinski definition) is 2. The lowest BCUT2D eigenvalue weighted by Crippen LogP contribution is -2.45. The Morgan fingerprint density at radius 2 is 2.11 bits per heavy atom. The van der Waals surface area contributed by atoms with Crippen LogP contribution in [0.1, 0.15) is 29.3 Å². The van der Waals surface area contributed by atoms with Gasteiger partial charge in [-0.1, -0.05) is 13.0 Å². The van der Waals surface area contributed by atoms with E-state index in [0.717, 1.165) is 6.07 Å². The lowest BCUT2D eigenvalue weighted by Gasteiger charge is -2.34. The van der Waals surface area contributed by atoms with Crippen molar-refractivity contribution in [2.24, 2.45) is 5.92 Å². The number of hydrogen-bond donors (Lipinski definition) is 1. The summed E-state index contributed by atoms with van der Waals surface area (Å²) < 4.78 is 27.6. The summed E-state index contributed by atoms with van der Waals surface area (Å²) >= 11 is 0. The highest BCUT2D eigenvalue weighted by molar-refractivity contribution is 5.95. The molecule has 0 aliphatic carbocycles. The van der Waals surface area contributed by atoms with Crippen LogP contribution in [0.25, 0.3) is 0 Å². The summed E-state index contributed by atoms with van der Waals surface area (Å²) in [5.74, 6) is -2.37. The van der Waals surface area contributed by atoms with E-state index in [1.807, 2.05) is 6.92 Å². The number of carbonyl (C=O) groups is 1. The molecule has 1 saturated heterocycles. The van der Waals surface area contributed by atoms with Crippen molar-refractivity contribution in [1.29, 1.82) is 0 Å². The van der Waals surface area contributed by atoms with Gasteiger partial charge in [0.05, 0.1) is 6.10 Å². The monoisotopic (exact) mass is 269 g/mol. The minimum Gasteiger partial charge on any atom is -0.393 e. The van der Waals surface area contributed by atoms with E-state index >= 15 is 0 Å². The molecule has 0 aromatic heterocycles. The smallest absolute Gasteiger partial charge is 0.259 e. The summed E-state index contributed by atoms with van der Waals surface area (Å²) in [6, 6.07) is 2.41. The van der Waals surface area contributed by atoms with Gasteiger partial charge >= 0.3 is 0 Å². The van der Waals surface area contributed by atoms with Crippen molar-refractivity contribution in [1.82, 2.24) is 4.90 Å². The maximum atomic E-state index is 13.9. The number of aryl methyl sites for hydroxylation is 1. The number of rotatable bonds is 1. The summed E-state index contributed by atoms with van der Waals surface area (Å²) in [5, 5.41) is 9.61. The molecule has 1 aromatic rings. The molecule has 19 heavy (non-hydrogen) atoms. The van der Waals surface area contributed by atoms with E-state index in [9.17, 15) is 18.7 Å². The summed E-state index contributed by atoms with van der Waals surface area (Å²) in [6.07, 6.45) is -0.0293. The van der Waals surface area contributed by atoms with Crippen LogP contribution in [0.15, 0.2) is 12.1 Å². The second-order valence-electron chi connectivity index (χ2n) is 5.14. The highest BCUT2D eigenvalue weighted by Gasteiger charge is 2.30. The summed E-state index contributed by atoms with van der Waals surface area (Å²) in [6.45, 7) is 3.94. The first-order chi connectivity index (χ1) is 8.91. The van der Waals surface area contributed by atoms with Crippen LogP contribution >= 0.6 is 0 Å². The quantitative estimate of drug-likeness (QED) is 0.848. The van der Waals surface area contributed by atoms with Gasteiger partial charge in [0, 0.05) is 13.1 Å². The first kappa shape index (κ1) is 13.9. The van der Waals surface area contributed by atoms with E-state index in [-0.39, 0.29) is 11.5 Å². The van der Waals surface area contributed by atoms with E-state index < -0.39 is 29.2 Å². The third-order valence-electron chi connectivity index (χ3n) is 3.65. The molecule has 1 aliphatic heterocycles. The molecular weight excluding hydrogens is 252 g/mol. The maximum absolute atomic E-state index is 13.9. The van der Waals surface area contributed by atoms with Gasteiger partial charge in [0.15, 0.2) is 0 Å². The molecule has 0 saturated carbocycles. The molecule has 2 atom stereocenters. The van der Waals surface area contributed by atoms with Crippen molar-refractivity contribution in [3.63, 3.8) is 0 Å². The normalized spacial score (nSPS) is 23.5. The summed E-state index contributed by atoms with van der Waals surface area (Å²) in [4.78, 5) is 13.6. The van der Waals surface area contributed by atoms with Crippen molar-refractivity contribution in [3.8, 4) is 0 Å². The standard InChI is InChI=1S/C14H17F2NO2/c1-8-3-4-10(15)12(13(8)16)14(19)17-6-5-11(18)9(2)7-17/h3-4,9,11,18H,5-7H2,1-2H3. The Balaban J connectivity index is 2.28. The zero-order valence-electron chi connectivity index (χ0n) is 11.0. The van der Waals surface area contributed by atoms with E-state index in [2.05, 4.69) is 0 Å². The Morgan fingerprint density at radius 1 is 1.42 bits per heavy atom. The number of benzene rings is 1. The number of aliphatic hydroxyl groups excluding tert-OH is 1. The first-order valence-corrected chi connectivity index (χ1v) is 6.33. The Kier molecular flexibility index (Phi) is 3.85. The number of amides is 1. The van der Waals surface area contributed by atoms with E-state index in [1.165, 1.54) is 17.9 Å². The molecule has 2 unspecified atom stereocenters. The van der Waals surface area contributed by atoms with Crippen LogP contribution in [0.4, 0.5) is 8.78 Å². The molecule has 1 heterocycles. The molecule has 1 fully saturated rings. The molecule has 5 heteroatoms.